The highest BCUT2D eigenvalue weighted by atomic mass is 19.1. The summed E-state index contributed by atoms with van der Waals surface area (Å²) in [6.45, 7) is 1.13. The van der Waals surface area contributed by atoms with E-state index in [2.05, 4.69) is 5.32 Å². The van der Waals surface area contributed by atoms with Gasteiger partial charge < -0.3 is 10.4 Å². The van der Waals surface area contributed by atoms with Crippen LogP contribution in [-0.4, -0.2) is 41.0 Å². The predicted molar refractivity (Wildman–Crippen MR) is 71.9 cm³/mol. The van der Waals surface area contributed by atoms with E-state index in [1.807, 2.05) is 4.90 Å². The minimum Gasteiger partial charge on any atom is -0.480 e. The highest BCUT2D eigenvalue weighted by Crippen LogP contribution is 2.17. The topological polar surface area (TPSA) is 69.6 Å². The van der Waals surface area contributed by atoms with Crippen LogP contribution in [-0.2, 0) is 9.59 Å². The summed E-state index contributed by atoms with van der Waals surface area (Å²) in [5.74, 6) is -1.39. The number of hydrogen-bond donors (Lipinski definition) is 2. The van der Waals surface area contributed by atoms with Crippen molar-refractivity contribution in [1.29, 1.82) is 0 Å². The molecule has 0 aromatic heterocycles. The Morgan fingerprint density at radius 2 is 2.05 bits per heavy atom. The Bertz CT molecular complexity index is 490. The number of benzene rings is 1. The number of anilines is 1. The minimum atomic E-state index is -0.832. The molecule has 20 heavy (non-hydrogen) atoms. The lowest BCUT2D eigenvalue weighted by atomic mass is 10.2. The fourth-order valence-electron chi connectivity index (χ4n) is 2.38. The standard InChI is InChI=1S/C14H17FN2O3/c15-10-3-5-11(6-4-10)16-13(18)7-9-17-8-1-2-12(17)14(19)20/h3-6,12H,1-2,7-9H2,(H,16,18)(H,19,20)/t12-/m0/s1. The van der Waals surface area contributed by atoms with Crippen molar-refractivity contribution in [3.05, 3.63) is 30.1 Å². The van der Waals surface area contributed by atoms with E-state index in [9.17, 15) is 14.0 Å². The van der Waals surface area contributed by atoms with Crippen molar-refractivity contribution in [1.82, 2.24) is 4.90 Å². The number of carboxylic acid groups (broad SMARTS) is 1. The van der Waals surface area contributed by atoms with Gasteiger partial charge in [-0.3, -0.25) is 14.5 Å². The van der Waals surface area contributed by atoms with Crippen LogP contribution < -0.4 is 5.32 Å². The van der Waals surface area contributed by atoms with Crippen LogP contribution in [0.3, 0.4) is 0 Å². The van der Waals surface area contributed by atoms with Crippen LogP contribution in [0.25, 0.3) is 0 Å². The van der Waals surface area contributed by atoms with Crippen LogP contribution in [0.1, 0.15) is 19.3 Å². The highest BCUT2D eigenvalue weighted by molar-refractivity contribution is 5.90. The fourth-order valence-corrected chi connectivity index (χ4v) is 2.38. The third-order valence-corrected chi connectivity index (χ3v) is 3.40. The first-order valence-electron chi connectivity index (χ1n) is 6.58. The van der Waals surface area contributed by atoms with E-state index in [1.54, 1.807) is 0 Å². The number of carbonyl (C=O) groups is 2. The predicted octanol–water partition coefficient (Wildman–Crippen LogP) is 1.70. The zero-order valence-corrected chi connectivity index (χ0v) is 11.0. The van der Waals surface area contributed by atoms with Gasteiger partial charge in [0.2, 0.25) is 5.91 Å². The van der Waals surface area contributed by atoms with Gasteiger partial charge in [0.15, 0.2) is 0 Å². The number of rotatable bonds is 5. The largest absolute Gasteiger partial charge is 0.480 e. The second kappa shape index (κ2) is 6.47. The van der Waals surface area contributed by atoms with Gasteiger partial charge in [-0.2, -0.15) is 0 Å². The number of hydrogen-bond acceptors (Lipinski definition) is 3. The average Bonchev–Trinajstić information content (AvgIpc) is 2.88. The molecule has 1 saturated heterocycles. The number of halogens is 1. The van der Waals surface area contributed by atoms with Crippen LogP contribution in [0.5, 0.6) is 0 Å². The maximum Gasteiger partial charge on any atom is 0.320 e. The third kappa shape index (κ3) is 3.77. The molecular formula is C14H17FN2O3. The number of nitrogens with one attached hydrogen (secondary N) is 1. The van der Waals surface area contributed by atoms with Crippen LogP contribution in [0.4, 0.5) is 10.1 Å². The number of aliphatic carboxylic acids is 1. The second-order valence-corrected chi connectivity index (χ2v) is 4.84. The summed E-state index contributed by atoms with van der Waals surface area (Å²) in [6.07, 6.45) is 1.70. The molecule has 0 saturated carbocycles. The summed E-state index contributed by atoms with van der Waals surface area (Å²) >= 11 is 0. The van der Waals surface area contributed by atoms with E-state index in [0.717, 1.165) is 6.42 Å². The van der Waals surface area contributed by atoms with Crippen molar-refractivity contribution >= 4 is 17.6 Å². The molecule has 108 valence electrons. The maximum atomic E-state index is 12.7. The van der Waals surface area contributed by atoms with Crippen LogP contribution in [0.2, 0.25) is 0 Å². The zero-order valence-electron chi connectivity index (χ0n) is 11.0. The molecule has 1 amide bonds. The van der Waals surface area contributed by atoms with E-state index >= 15 is 0 Å². The molecule has 1 atom stereocenters. The Labute approximate surface area is 116 Å². The normalized spacial score (nSPS) is 18.9. The Balaban J connectivity index is 1.80. The number of nitrogens with zero attached hydrogens (tertiary/aromatic N) is 1. The van der Waals surface area contributed by atoms with E-state index in [4.69, 9.17) is 5.11 Å². The van der Waals surface area contributed by atoms with E-state index < -0.39 is 12.0 Å². The number of carbonyl (C=O) groups excluding carboxylic acids is 1. The monoisotopic (exact) mass is 280 g/mol. The number of carboxylic acids is 1. The van der Waals surface area contributed by atoms with Gasteiger partial charge in [0.05, 0.1) is 0 Å². The van der Waals surface area contributed by atoms with Crippen molar-refractivity contribution in [2.24, 2.45) is 0 Å². The van der Waals surface area contributed by atoms with Crippen molar-refractivity contribution in [3.8, 4) is 0 Å². The second-order valence-electron chi connectivity index (χ2n) is 4.84. The Hall–Kier alpha value is -1.95. The average molecular weight is 280 g/mol. The molecule has 0 spiro atoms. The zero-order chi connectivity index (χ0) is 14.5. The summed E-state index contributed by atoms with van der Waals surface area (Å²) in [5, 5.41) is 11.7. The molecule has 0 unspecified atom stereocenters. The summed E-state index contributed by atoms with van der Waals surface area (Å²) in [7, 11) is 0. The maximum absolute atomic E-state index is 12.7. The van der Waals surface area contributed by atoms with Gasteiger partial charge >= 0.3 is 5.97 Å². The first-order chi connectivity index (χ1) is 9.56. The van der Waals surface area contributed by atoms with Gasteiger partial charge in [-0.15, -0.1) is 0 Å². The Morgan fingerprint density at radius 3 is 2.70 bits per heavy atom. The van der Waals surface area contributed by atoms with Crippen molar-refractivity contribution in [3.63, 3.8) is 0 Å². The van der Waals surface area contributed by atoms with Crippen LogP contribution in [0.15, 0.2) is 24.3 Å². The summed E-state index contributed by atoms with van der Waals surface area (Å²) < 4.78 is 12.7. The molecule has 1 aliphatic rings. The number of amides is 1. The highest BCUT2D eigenvalue weighted by Gasteiger charge is 2.30. The van der Waals surface area contributed by atoms with Gasteiger partial charge in [0, 0.05) is 18.7 Å². The fraction of sp³-hybridized carbons (Fsp3) is 0.429. The molecule has 1 aromatic carbocycles. The van der Waals surface area contributed by atoms with E-state index in [1.165, 1.54) is 24.3 Å². The van der Waals surface area contributed by atoms with Crippen LogP contribution >= 0.6 is 0 Å². The number of likely N-dealkylation sites (tertiary alicyclic amines) is 1. The molecule has 5 nitrogen and oxygen atoms in total. The molecule has 2 N–H and O–H groups in total. The van der Waals surface area contributed by atoms with Gasteiger partial charge in [0.1, 0.15) is 11.9 Å². The van der Waals surface area contributed by atoms with Crippen molar-refractivity contribution in [2.75, 3.05) is 18.4 Å². The molecule has 0 aliphatic carbocycles. The molecule has 2 rings (SSSR count). The first kappa shape index (κ1) is 14.5. The third-order valence-electron chi connectivity index (χ3n) is 3.40. The van der Waals surface area contributed by atoms with E-state index in [0.29, 0.717) is 25.2 Å². The lowest BCUT2D eigenvalue weighted by Crippen LogP contribution is -2.37. The summed E-state index contributed by atoms with van der Waals surface area (Å²) in [6, 6.07) is 5.05. The lowest BCUT2D eigenvalue weighted by Gasteiger charge is -2.20. The van der Waals surface area contributed by atoms with Gasteiger partial charge in [0.25, 0.3) is 0 Å². The molecule has 0 radical (unpaired) electrons. The Morgan fingerprint density at radius 1 is 1.35 bits per heavy atom. The van der Waals surface area contributed by atoms with Gasteiger partial charge in [-0.05, 0) is 43.7 Å². The molecule has 0 bridgehead atoms. The van der Waals surface area contributed by atoms with Crippen molar-refractivity contribution in [2.45, 2.75) is 25.3 Å². The molecule has 1 heterocycles. The quantitative estimate of drug-likeness (QED) is 0.861. The molecule has 1 aromatic rings. The Kier molecular flexibility index (Phi) is 4.68. The van der Waals surface area contributed by atoms with Crippen molar-refractivity contribution < 1.29 is 19.1 Å². The van der Waals surface area contributed by atoms with E-state index in [-0.39, 0.29) is 18.1 Å². The molecule has 6 heteroatoms. The SMILES string of the molecule is O=C(CCN1CCC[C@H]1C(=O)O)Nc1ccc(F)cc1. The van der Waals surface area contributed by atoms with Gasteiger partial charge in [-0.25, -0.2) is 4.39 Å². The molecular weight excluding hydrogens is 263 g/mol. The first-order valence-corrected chi connectivity index (χ1v) is 6.58. The summed E-state index contributed by atoms with van der Waals surface area (Å²) in [5.41, 5.74) is 0.535. The van der Waals surface area contributed by atoms with Crippen LogP contribution in [0, 0.1) is 5.82 Å². The smallest absolute Gasteiger partial charge is 0.320 e. The minimum absolute atomic E-state index is 0.201. The van der Waals surface area contributed by atoms with Gasteiger partial charge in [-0.1, -0.05) is 0 Å². The molecule has 1 aliphatic heterocycles. The summed E-state index contributed by atoms with van der Waals surface area (Å²) in [4.78, 5) is 24.6. The molecule has 1 fully saturated rings. The lowest BCUT2D eigenvalue weighted by molar-refractivity contribution is -0.142.